The lowest BCUT2D eigenvalue weighted by atomic mass is 10.0. The smallest absolute Gasteiger partial charge is 0.222 e. The molecule has 0 saturated heterocycles. The van der Waals surface area contributed by atoms with Crippen molar-refractivity contribution in [1.82, 2.24) is 25.2 Å². The van der Waals surface area contributed by atoms with Gasteiger partial charge in [-0.15, -0.1) is 0 Å². The number of nitrogens with one attached hydrogen (secondary N) is 2. The number of rotatable bonds is 7. The fourth-order valence-electron chi connectivity index (χ4n) is 3.56. The van der Waals surface area contributed by atoms with Gasteiger partial charge in [-0.1, -0.05) is 48.0 Å². The number of fused-ring (bicyclic) bond motifs is 1. The summed E-state index contributed by atoms with van der Waals surface area (Å²) in [6.45, 7) is 3.81. The predicted octanol–water partition coefficient (Wildman–Crippen LogP) is 3.61. The second-order valence-electron chi connectivity index (χ2n) is 7.77. The van der Waals surface area contributed by atoms with Gasteiger partial charge in [0, 0.05) is 19.7 Å². The molecule has 0 radical (unpaired) electrons. The summed E-state index contributed by atoms with van der Waals surface area (Å²) in [7, 11) is 0. The van der Waals surface area contributed by atoms with Crippen LogP contribution in [0.1, 0.15) is 36.1 Å². The molecule has 0 aliphatic heterocycles. The first-order valence-corrected chi connectivity index (χ1v) is 10.5. The molecule has 0 fully saturated rings. The largest absolute Gasteiger partial charge is 0.352 e. The van der Waals surface area contributed by atoms with E-state index in [1.807, 2.05) is 72.2 Å². The third-order valence-corrected chi connectivity index (χ3v) is 5.25. The second kappa shape index (κ2) is 9.43. The van der Waals surface area contributed by atoms with Crippen LogP contribution in [0.4, 0.5) is 0 Å². The topological polar surface area (TPSA) is 88.9 Å². The lowest BCUT2D eigenvalue weighted by Crippen LogP contribution is -2.32. The monoisotopic (exact) mass is 427 g/mol. The molecule has 2 N–H and O–H groups in total. The van der Waals surface area contributed by atoms with Gasteiger partial charge in [-0.3, -0.25) is 14.2 Å². The van der Waals surface area contributed by atoms with Crippen molar-refractivity contribution in [3.8, 4) is 5.82 Å². The van der Waals surface area contributed by atoms with Crippen LogP contribution in [0.15, 0.2) is 73.2 Å². The minimum Gasteiger partial charge on any atom is -0.352 e. The van der Waals surface area contributed by atoms with E-state index in [-0.39, 0.29) is 24.3 Å². The average molecular weight is 428 g/mol. The van der Waals surface area contributed by atoms with Crippen molar-refractivity contribution in [2.75, 3.05) is 0 Å². The Labute approximate surface area is 186 Å². The molecule has 2 aromatic carbocycles. The van der Waals surface area contributed by atoms with Crippen molar-refractivity contribution in [2.45, 2.75) is 32.9 Å². The van der Waals surface area contributed by atoms with E-state index < -0.39 is 0 Å². The molecule has 4 aromatic rings. The first-order chi connectivity index (χ1) is 15.5. The minimum absolute atomic E-state index is 0.144. The summed E-state index contributed by atoms with van der Waals surface area (Å²) >= 11 is 0. The maximum atomic E-state index is 12.6. The zero-order valence-corrected chi connectivity index (χ0v) is 18.1. The number of para-hydroxylation sites is 2. The van der Waals surface area contributed by atoms with Crippen molar-refractivity contribution in [3.05, 3.63) is 89.9 Å². The number of pyridine rings is 1. The van der Waals surface area contributed by atoms with E-state index in [2.05, 4.69) is 20.6 Å². The number of carbonyl (C=O) groups is 2. The lowest BCUT2D eigenvalue weighted by molar-refractivity contribution is -0.122. The number of carbonyl (C=O) groups excluding carboxylic acids is 2. The van der Waals surface area contributed by atoms with Crippen LogP contribution in [0.25, 0.3) is 16.9 Å². The molecule has 0 bridgehead atoms. The third-order valence-electron chi connectivity index (χ3n) is 5.25. The Balaban J connectivity index is 1.38. The van der Waals surface area contributed by atoms with Gasteiger partial charge in [0.25, 0.3) is 0 Å². The third kappa shape index (κ3) is 5.00. The van der Waals surface area contributed by atoms with Gasteiger partial charge in [-0.05, 0) is 36.2 Å². The highest BCUT2D eigenvalue weighted by Crippen LogP contribution is 2.18. The van der Waals surface area contributed by atoms with Crippen molar-refractivity contribution in [3.63, 3.8) is 0 Å². The van der Waals surface area contributed by atoms with Crippen molar-refractivity contribution in [1.29, 1.82) is 0 Å². The van der Waals surface area contributed by atoms with E-state index >= 15 is 0 Å². The molecule has 1 atom stereocenters. The van der Waals surface area contributed by atoms with E-state index in [0.29, 0.717) is 6.54 Å². The Morgan fingerprint density at radius 3 is 2.50 bits per heavy atom. The maximum absolute atomic E-state index is 12.6. The quantitative estimate of drug-likeness (QED) is 0.472. The van der Waals surface area contributed by atoms with Gasteiger partial charge in [0.1, 0.15) is 12.1 Å². The summed E-state index contributed by atoms with van der Waals surface area (Å²) in [5.74, 6) is 0.447. The van der Waals surface area contributed by atoms with Crippen LogP contribution in [0, 0.1) is 6.92 Å². The van der Waals surface area contributed by atoms with E-state index in [1.165, 1.54) is 6.92 Å². The normalized spacial score (nSPS) is 11.8. The summed E-state index contributed by atoms with van der Waals surface area (Å²) < 4.78 is 1.93. The van der Waals surface area contributed by atoms with E-state index in [4.69, 9.17) is 0 Å². The SMILES string of the molecule is CC(=O)NC(CC(=O)NCc1ccc(-n2cnc3ccccc32)nc1)c1ccc(C)cc1. The van der Waals surface area contributed by atoms with Crippen LogP contribution in [0.2, 0.25) is 0 Å². The molecule has 0 aliphatic carbocycles. The zero-order valence-electron chi connectivity index (χ0n) is 18.1. The molecule has 2 aromatic heterocycles. The first-order valence-electron chi connectivity index (χ1n) is 10.5. The molecule has 1 unspecified atom stereocenters. The molecule has 0 spiro atoms. The van der Waals surface area contributed by atoms with Crippen LogP contribution >= 0.6 is 0 Å². The van der Waals surface area contributed by atoms with Crippen LogP contribution in [-0.4, -0.2) is 26.3 Å². The van der Waals surface area contributed by atoms with E-state index in [9.17, 15) is 9.59 Å². The predicted molar refractivity (Wildman–Crippen MR) is 123 cm³/mol. The fourth-order valence-corrected chi connectivity index (χ4v) is 3.56. The highest BCUT2D eigenvalue weighted by Gasteiger charge is 2.17. The lowest BCUT2D eigenvalue weighted by Gasteiger charge is -2.18. The number of aryl methyl sites for hydroxylation is 1. The van der Waals surface area contributed by atoms with Gasteiger partial charge in [0.15, 0.2) is 0 Å². The second-order valence-corrected chi connectivity index (χ2v) is 7.77. The number of aromatic nitrogens is 3. The number of hydrogen-bond acceptors (Lipinski definition) is 4. The number of amides is 2. The number of imidazole rings is 1. The van der Waals surface area contributed by atoms with Crippen LogP contribution in [-0.2, 0) is 16.1 Å². The van der Waals surface area contributed by atoms with Gasteiger partial charge in [-0.25, -0.2) is 9.97 Å². The zero-order chi connectivity index (χ0) is 22.5. The molecule has 162 valence electrons. The summed E-state index contributed by atoms with van der Waals surface area (Å²) in [5.41, 5.74) is 4.81. The molecule has 7 nitrogen and oxygen atoms in total. The number of hydrogen-bond donors (Lipinski definition) is 2. The van der Waals surface area contributed by atoms with Crippen molar-refractivity contribution >= 4 is 22.8 Å². The summed E-state index contributed by atoms with van der Waals surface area (Å²) in [5, 5.41) is 5.78. The number of benzene rings is 2. The van der Waals surface area contributed by atoms with E-state index in [1.54, 1.807) is 12.5 Å². The highest BCUT2D eigenvalue weighted by atomic mass is 16.2. The van der Waals surface area contributed by atoms with Crippen molar-refractivity contribution < 1.29 is 9.59 Å². The molecular weight excluding hydrogens is 402 g/mol. The molecule has 2 amide bonds. The fraction of sp³-hybridized carbons (Fsp3) is 0.200. The first kappa shape index (κ1) is 21.2. The molecule has 32 heavy (non-hydrogen) atoms. The minimum atomic E-state index is -0.372. The van der Waals surface area contributed by atoms with Gasteiger partial charge >= 0.3 is 0 Å². The summed E-state index contributed by atoms with van der Waals surface area (Å²) in [6.07, 6.45) is 3.66. The molecule has 4 rings (SSSR count). The maximum Gasteiger partial charge on any atom is 0.222 e. The average Bonchev–Trinajstić information content (AvgIpc) is 3.22. The standard InChI is InChI=1S/C25H25N5O2/c1-17-7-10-20(11-8-17)22(29-18(2)31)13-25(32)27-15-19-9-12-24(26-14-19)30-16-28-21-5-3-4-6-23(21)30/h3-12,14,16,22H,13,15H2,1-2H3,(H,27,32)(H,29,31). The van der Waals surface area contributed by atoms with Gasteiger partial charge < -0.3 is 10.6 Å². The number of nitrogens with zero attached hydrogens (tertiary/aromatic N) is 3. The Morgan fingerprint density at radius 1 is 1.00 bits per heavy atom. The Bertz CT molecular complexity index is 1230. The highest BCUT2D eigenvalue weighted by molar-refractivity contribution is 5.79. The molecule has 0 aliphatic rings. The van der Waals surface area contributed by atoms with Crippen LogP contribution < -0.4 is 10.6 Å². The molecule has 2 heterocycles. The Hall–Kier alpha value is -4.00. The van der Waals surface area contributed by atoms with E-state index in [0.717, 1.165) is 33.5 Å². The van der Waals surface area contributed by atoms with Crippen LogP contribution in [0.3, 0.4) is 0 Å². The Kier molecular flexibility index (Phi) is 6.26. The molecular formula is C25H25N5O2. The summed E-state index contributed by atoms with van der Waals surface area (Å²) in [6, 6.07) is 19.2. The van der Waals surface area contributed by atoms with Gasteiger partial charge in [-0.2, -0.15) is 0 Å². The van der Waals surface area contributed by atoms with Crippen LogP contribution in [0.5, 0.6) is 0 Å². The van der Waals surface area contributed by atoms with Crippen molar-refractivity contribution in [2.24, 2.45) is 0 Å². The molecule has 7 heteroatoms. The summed E-state index contributed by atoms with van der Waals surface area (Å²) in [4.78, 5) is 33.1. The molecule has 0 saturated carbocycles. The van der Waals surface area contributed by atoms with Gasteiger partial charge in [0.05, 0.1) is 23.5 Å². The van der Waals surface area contributed by atoms with Gasteiger partial charge in [0.2, 0.25) is 11.8 Å². The Morgan fingerprint density at radius 2 is 1.78 bits per heavy atom.